The average Bonchev–Trinajstić information content (AvgIpc) is 2.40. The summed E-state index contributed by atoms with van der Waals surface area (Å²) >= 11 is 0. The summed E-state index contributed by atoms with van der Waals surface area (Å²) in [5, 5.41) is 8.62. The minimum Gasteiger partial charge on any atom is -0.481 e. The topological polar surface area (TPSA) is 91.7 Å². The summed E-state index contributed by atoms with van der Waals surface area (Å²) in [5.74, 6) is 1.02. The van der Waals surface area contributed by atoms with Crippen LogP contribution in [0.5, 0.6) is 5.88 Å². The van der Waals surface area contributed by atoms with E-state index in [4.69, 9.17) is 10.00 Å². The highest BCUT2D eigenvalue weighted by Crippen LogP contribution is 2.08. The summed E-state index contributed by atoms with van der Waals surface area (Å²) in [6.45, 7) is 0. The van der Waals surface area contributed by atoms with E-state index in [2.05, 4.69) is 15.0 Å². The van der Waals surface area contributed by atoms with Gasteiger partial charge in [-0.1, -0.05) is 6.07 Å². The van der Waals surface area contributed by atoms with Crippen molar-refractivity contribution in [2.24, 2.45) is 0 Å². The maximum Gasteiger partial charge on any atom is 0.268 e. The highest BCUT2D eigenvalue weighted by Gasteiger charge is 2.03. The molecule has 0 bridgehead atoms. The number of hydrogen-bond acceptors (Lipinski definition) is 5. The minimum absolute atomic E-state index is 0.00612. The van der Waals surface area contributed by atoms with Gasteiger partial charge in [-0.25, -0.2) is 9.97 Å². The van der Waals surface area contributed by atoms with Crippen LogP contribution in [0.4, 0.5) is 0 Å². The molecule has 90 valence electrons. The molecule has 6 heteroatoms. The molecule has 18 heavy (non-hydrogen) atoms. The van der Waals surface area contributed by atoms with Crippen LogP contribution in [-0.4, -0.2) is 22.1 Å². The van der Waals surface area contributed by atoms with Crippen molar-refractivity contribution >= 4 is 0 Å². The number of aromatic amines is 1. The van der Waals surface area contributed by atoms with Crippen molar-refractivity contribution in [2.75, 3.05) is 7.11 Å². The van der Waals surface area contributed by atoms with Crippen LogP contribution in [-0.2, 0) is 6.42 Å². The van der Waals surface area contributed by atoms with Crippen molar-refractivity contribution < 1.29 is 4.74 Å². The van der Waals surface area contributed by atoms with Crippen molar-refractivity contribution in [3.05, 3.63) is 51.8 Å². The molecule has 0 fully saturated rings. The number of rotatable bonds is 3. The Morgan fingerprint density at radius 3 is 2.78 bits per heavy atom. The van der Waals surface area contributed by atoms with Gasteiger partial charge in [0.05, 0.1) is 13.3 Å². The first kappa shape index (κ1) is 11.8. The minimum atomic E-state index is -0.427. The molecule has 0 atom stereocenters. The van der Waals surface area contributed by atoms with Gasteiger partial charge < -0.3 is 9.72 Å². The first-order valence-corrected chi connectivity index (χ1v) is 5.20. The molecule has 2 heterocycles. The van der Waals surface area contributed by atoms with E-state index in [1.54, 1.807) is 25.4 Å². The molecular weight excluding hydrogens is 232 g/mol. The second-order valence-electron chi connectivity index (χ2n) is 3.57. The Morgan fingerprint density at radius 2 is 2.22 bits per heavy atom. The number of nitrogens with one attached hydrogen (secondary N) is 1. The summed E-state index contributed by atoms with van der Waals surface area (Å²) in [4.78, 5) is 22.0. The molecule has 0 aliphatic carbocycles. The number of hydrogen-bond donors (Lipinski definition) is 1. The second kappa shape index (κ2) is 5.10. The monoisotopic (exact) mass is 242 g/mol. The summed E-state index contributed by atoms with van der Waals surface area (Å²) < 4.78 is 4.95. The SMILES string of the molecule is COc1ccc(Cc2ncc(C#N)c(=O)[nH]2)cn1. The summed E-state index contributed by atoms with van der Waals surface area (Å²) in [5.41, 5.74) is 0.472. The fourth-order valence-corrected chi connectivity index (χ4v) is 1.43. The molecule has 6 nitrogen and oxygen atoms in total. The van der Waals surface area contributed by atoms with Gasteiger partial charge in [-0.2, -0.15) is 5.26 Å². The van der Waals surface area contributed by atoms with E-state index in [-0.39, 0.29) is 5.56 Å². The van der Waals surface area contributed by atoms with Gasteiger partial charge in [-0.3, -0.25) is 4.79 Å². The van der Waals surface area contributed by atoms with Crippen molar-refractivity contribution in [2.45, 2.75) is 6.42 Å². The van der Waals surface area contributed by atoms with Crippen LogP contribution in [0.25, 0.3) is 0 Å². The lowest BCUT2D eigenvalue weighted by Gasteiger charge is -2.02. The third kappa shape index (κ3) is 2.52. The van der Waals surface area contributed by atoms with Crippen LogP contribution >= 0.6 is 0 Å². The molecule has 0 saturated carbocycles. The van der Waals surface area contributed by atoms with Crippen LogP contribution in [0.2, 0.25) is 0 Å². The van der Waals surface area contributed by atoms with Gasteiger partial charge in [0, 0.05) is 18.7 Å². The van der Waals surface area contributed by atoms with E-state index in [1.165, 1.54) is 6.20 Å². The zero-order valence-corrected chi connectivity index (χ0v) is 9.67. The van der Waals surface area contributed by atoms with Gasteiger partial charge >= 0.3 is 0 Å². The van der Waals surface area contributed by atoms with E-state index >= 15 is 0 Å². The highest BCUT2D eigenvalue weighted by molar-refractivity contribution is 5.24. The number of pyridine rings is 1. The molecule has 1 N–H and O–H groups in total. The number of H-pyrrole nitrogens is 1. The quantitative estimate of drug-likeness (QED) is 0.852. The van der Waals surface area contributed by atoms with Gasteiger partial charge in [0.2, 0.25) is 5.88 Å². The lowest BCUT2D eigenvalue weighted by Crippen LogP contribution is -2.14. The largest absolute Gasteiger partial charge is 0.481 e. The van der Waals surface area contributed by atoms with Crippen molar-refractivity contribution in [1.82, 2.24) is 15.0 Å². The number of nitrogens with zero attached hydrogens (tertiary/aromatic N) is 3. The Balaban J connectivity index is 2.21. The first-order valence-electron chi connectivity index (χ1n) is 5.20. The maximum atomic E-state index is 11.4. The lowest BCUT2D eigenvalue weighted by molar-refractivity contribution is 0.397. The molecule has 0 unspecified atom stereocenters. The van der Waals surface area contributed by atoms with Crippen LogP contribution < -0.4 is 10.3 Å². The van der Waals surface area contributed by atoms with Crippen LogP contribution in [0.3, 0.4) is 0 Å². The fourth-order valence-electron chi connectivity index (χ4n) is 1.43. The fraction of sp³-hybridized carbons (Fsp3) is 0.167. The molecule has 0 aliphatic rings. The lowest BCUT2D eigenvalue weighted by atomic mass is 10.2. The highest BCUT2D eigenvalue weighted by atomic mass is 16.5. The van der Waals surface area contributed by atoms with Crippen LogP contribution in [0.1, 0.15) is 17.0 Å². The Kier molecular flexibility index (Phi) is 3.34. The Labute approximate surface area is 103 Å². The summed E-state index contributed by atoms with van der Waals surface area (Å²) in [7, 11) is 1.54. The second-order valence-corrected chi connectivity index (χ2v) is 3.57. The van der Waals surface area contributed by atoms with Gasteiger partial charge in [-0.05, 0) is 5.56 Å². The molecule has 0 saturated heterocycles. The van der Waals surface area contributed by atoms with E-state index in [9.17, 15) is 4.79 Å². The number of nitriles is 1. The van der Waals surface area contributed by atoms with Crippen molar-refractivity contribution in [3.63, 3.8) is 0 Å². The summed E-state index contributed by atoms with van der Waals surface area (Å²) in [6, 6.07) is 5.34. The summed E-state index contributed by atoms with van der Waals surface area (Å²) in [6.07, 6.45) is 3.36. The standard InChI is InChI=1S/C12H10N4O2/c1-18-11-3-2-8(6-15-11)4-10-14-7-9(5-13)12(17)16-10/h2-3,6-7H,4H2,1H3,(H,14,16,17). The third-order valence-electron chi connectivity index (χ3n) is 2.35. The molecule has 0 amide bonds. The zero-order valence-electron chi connectivity index (χ0n) is 9.67. The van der Waals surface area contributed by atoms with Crippen LogP contribution in [0.15, 0.2) is 29.3 Å². The normalized spacial score (nSPS) is 9.78. The number of ether oxygens (including phenoxy) is 1. The predicted octanol–water partition coefficient (Wildman–Crippen LogP) is 0.636. The molecular formula is C12H10N4O2. The van der Waals surface area contributed by atoms with Gasteiger partial charge in [0.25, 0.3) is 5.56 Å². The molecule has 0 spiro atoms. The Bertz CT molecular complexity index is 640. The van der Waals surface area contributed by atoms with E-state index in [0.717, 1.165) is 5.56 Å². The molecule has 0 aliphatic heterocycles. The first-order chi connectivity index (χ1) is 8.72. The zero-order chi connectivity index (χ0) is 13.0. The van der Waals surface area contributed by atoms with E-state index < -0.39 is 5.56 Å². The molecule has 2 aromatic rings. The van der Waals surface area contributed by atoms with E-state index in [0.29, 0.717) is 18.1 Å². The molecule has 2 rings (SSSR count). The average molecular weight is 242 g/mol. The predicted molar refractivity (Wildman–Crippen MR) is 63.2 cm³/mol. The molecule has 0 aromatic carbocycles. The Morgan fingerprint density at radius 1 is 1.39 bits per heavy atom. The van der Waals surface area contributed by atoms with Gasteiger partial charge in [0.15, 0.2) is 0 Å². The number of methoxy groups -OCH3 is 1. The Hall–Kier alpha value is -2.68. The molecule has 2 aromatic heterocycles. The van der Waals surface area contributed by atoms with Crippen LogP contribution in [0, 0.1) is 11.3 Å². The van der Waals surface area contributed by atoms with Gasteiger partial charge in [-0.15, -0.1) is 0 Å². The third-order valence-corrected chi connectivity index (χ3v) is 2.35. The molecule has 0 radical (unpaired) electrons. The number of aromatic nitrogens is 3. The maximum absolute atomic E-state index is 11.4. The smallest absolute Gasteiger partial charge is 0.268 e. The van der Waals surface area contributed by atoms with Crippen molar-refractivity contribution in [3.8, 4) is 11.9 Å². The van der Waals surface area contributed by atoms with E-state index in [1.807, 2.05) is 6.07 Å². The van der Waals surface area contributed by atoms with Gasteiger partial charge in [0.1, 0.15) is 17.5 Å². The van der Waals surface area contributed by atoms with Crippen molar-refractivity contribution in [1.29, 1.82) is 5.26 Å².